The summed E-state index contributed by atoms with van der Waals surface area (Å²) in [5.41, 5.74) is 2.07. The molecule has 8 heteroatoms. The van der Waals surface area contributed by atoms with Crippen molar-refractivity contribution >= 4 is 27.3 Å². The van der Waals surface area contributed by atoms with Gasteiger partial charge in [-0.25, -0.2) is 8.42 Å². The minimum Gasteiger partial charge on any atom is -0.364 e. The van der Waals surface area contributed by atoms with E-state index in [4.69, 9.17) is 0 Å². The third kappa shape index (κ3) is 5.45. The van der Waals surface area contributed by atoms with Gasteiger partial charge in [0.1, 0.15) is 0 Å². The van der Waals surface area contributed by atoms with E-state index in [0.717, 1.165) is 31.6 Å². The molecule has 1 amide bonds. The number of carbonyl (C=O) groups excluding carboxylic acids is 1. The Morgan fingerprint density at radius 1 is 1.15 bits per heavy atom. The van der Waals surface area contributed by atoms with Crippen molar-refractivity contribution in [3.05, 3.63) is 60.2 Å². The normalized spacial score (nSPS) is 17.4. The first-order valence-corrected chi connectivity index (χ1v) is 10.7. The molecular weight excluding hydrogens is 364 g/mol. The summed E-state index contributed by atoms with van der Waals surface area (Å²) < 4.78 is 24.9. The second-order valence-electron chi connectivity index (χ2n) is 6.55. The van der Waals surface area contributed by atoms with Crippen LogP contribution in [0.25, 0.3) is 0 Å². The number of benzene rings is 2. The molecule has 0 aliphatic carbocycles. The highest BCUT2D eigenvalue weighted by molar-refractivity contribution is 7.92. The molecule has 7 nitrogen and oxygen atoms in total. The van der Waals surface area contributed by atoms with Crippen LogP contribution < -0.4 is 20.3 Å². The van der Waals surface area contributed by atoms with Crippen LogP contribution in [0.2, 0.25) is 0 Å². The maximum Gasteiger partial charge on any atom is 0.251 e. The van der Waals surface area contributed by atoms with Gasteiger partial charge in [0.15, 0.2) is 0 Å². The predicted octanol–water partition coefficient (Wildman–Crippen LogP) is 1.27. The van der Waals surface area contributed by atoms with Crippen LogP contribution in [0.4, 0.5) is 11.4 Å². The fourth-order valence-electron chi connectivity index (χ4n) is 3.12. The maximum atomic E-state index is 12.4. The van der Waals surface area contributed by atoms with E-state index in [9.17, 15) is 13.2 Å². The number of amides is 1. The average Bonchev–Trinajstić information content (AvgIpc) is 2.66. The Morgan fingerprint density at radius 2 is 1.85 bits per heavy atom. The summed E-state index contributed by atoms with van der Waals surface area (Å²) in [6, 6.07) is 16.7. The van der Waals surface area contributed by atoms with Gasteiger partial charge < -0.3 is 15.5 Å². The smallest absolute Gasteiger partial charge is 0.251 e. The molecule has 0 radical (unpaired) electrons. The topological polar surface area (TPSA) is 90.5 Å². The zero-order valence-electron chi connectivity index (χ0n) is 15.2. The van der Waals surface area contributed by atoms with Gasteiger partial charge in [-0.15, -0.1) is 0 Å². The van der Waals surface area contributed by atoms with E-state index in [1.54, 1.807) is 24.3 Å². The Hall–Kier alpha value is -2.58. The Kier molecular flexibility index (Phi) is 5.98. The average molecular weight is 388 g/mol. The van der Waals surface area contributed by atoms with Crippen molar-refractivity contribution in [1.29, 1.82) is 0 Å². The van der Waals surface area contributed by atoms with Crippen molar-refractivity contribution in [1.82, 2.24) is 10.6 Å². The fraction of sp³-hybridized carbons (Fsp3) is 0.316. The number of para-hydroxylation sites is 1. The first kappa shape index (κ1) is 19.2. The standard InChI is InChI=1S/C19H24N4O3S/c1-27(25,26)22-16-9-7-15(8-10-16)19(24)21-14-18-13-20-11-12-23(18)17-5-3-2-4-6-17/h2-10,18,20,22H,11-14H2,1H3,(H,21,24). The second-order valence-corrected chi connectivity index (χ2v) is 8.30. The molecule has 0 saturated carbocycles. The monoisotopic (exact) mass is 388 g/mol. The molecule has 1 fully saturated rings. The number of hydrogen-bond donors (Lipinski definition) is 3. The number of rotatable bonds is 6. The van der Waals surface area contributed by atoms with E-state index in [1.807, 2.05) is 18.2 Å². The van der Waals surface area contributed by atoms with Gasteiger partial charge in [-0.1, -0.05) is 18.2 Å². The zero-order valence-corrected chi connectivity index (χ0v) is 16.0. The van der Waals surface area contributed by atoms with Gasteiger partial charge in [0.05, 0.1) is 12.3 Å². The Morgan fingerprint density at radius 3 is 2.52 bits per heavy atom. The summed E-state index contributed by atoms with van der Waals surface area (Å²) in [5, 5.41) is 6.35. The molecule has 1 saturated heterocycles. The highest BCUT2D eigenvalue weighted by Crippen LogP contribution is 2.17. The molecule has 1 unspecified atom stereocenters. The van der Waals surface area contributed by atoms with Gasteiger partial charge in [-0.05, 0) is 36.4 Å². The van der Waals surface area contributed by atoms with E-state index >= 15 is 0 Å². The molecule has 144 valence electrons. The van der Waals surface area contributed by atoms with Crippen LogP contribution >= 0.6 is 0 Å². The lowest BCUT2D eigenvalue weighted by molar-refractivity contribution is 0.0950. The molecule has 0 bridgehead atoms. The number of nitrogens with one attached hydrogen (secondary N) is 3. The third-order valence-corrected chi connectivity index (χ3v) is 4.99. The van der Waals surface area contributed by atoms with Crippen molar-refractivity contribution in [2.75, 3.05) is 42.1 Å². The van der Waals surface area contributed by atoms with Gasteiger partial charge >= 0.3 is 0 Å². The minimum absolute atomic E-state index is 0.163. The maximum absolute atomic E-state index is 12.4. The predicted molar refractivity (Wildman–Crippen MR) is 108 cm³/mol. The molecule has 2 aromatic rings. The number of carbonyl (C=O) groups is 1. The molecule has 1 heterocycles. The molecular formula is C19H24N4O3S. The van der Waals surface area contributed by atoms with Crippen LogP contribution in [0.1, 0.15) is 10.4 Å². The summed E-state index contributed by atoms with van der Waals surface area (Å²) in [6.45, 7) is 3.11. The molecule has 3 rings (SSSR count). The number of hydrogen-bond acceptors (Lipinski definition) is 5. The Labute approximate surface area is 159 Å². The lowest BCUT2D eigenvalue weighted by Gasteiger charge is -2.38. The van der Waals surface area contributed by atoms with Crippen LogP contribution in [0.3, 0.4) is 0 Å². The molecule has 27 heavy (non-hydrogen) atoms. The van der Waals surface area contributed by atoms with Gasteiger partial charge in [-0.3, -0.25) is 9.52 Å². The zero-order chi connectivity index (χ0) is 19.3. The van der Waals surface area contributed by atoms with Crippen LogP contribution in [-0.2, 0) is 10.0 Å². The summed E-state index contributed by atoms with van der Waals surface area (Å²) in [7, 11) is -3.33. The van der Waals surface area contributed by atoms with E-state index in [1.165, 1.54) is 0 Å². The van der Waals surface area contributed by atoms with Gasteiger partial charge in [0.2, 0.25) is 10.0 Å². The van der Waals surface area contributed by atoms with Crippen molar-refractivity contribution in [3.8, 4) is 0 Å². The van der Waals surface area contributed by atoms with Crippen LogP contribution in [-0.4, -0.2) is 52.8 Å². The lowest BCUT2D eigenvalue weighted by Crippen LogP contribution is -2.55. The minimum atomic E-state index is -3.33. The van der Waals surface area contributed by atoms with Gasteiger partial charge in [0.25, 0.3) is 5.91 Å². The van der Waals surface area contributed by atoms with Crippen molar-refractivity contribution in [2.24, 2.45) is 0 Å². The van der Waals surface area contributed by atoms with Crippen molar-refractivity contribution in [3.63, 3.8) is 0 Å². The van der Waals surface area contributed by atoms with Crippen LogP contribution in [0.15, 0.2) is 54.6 Å². The molecule has 0 spiro atoms. The summed E-state index contributed by atoms with van der Waals surface area (Å²) in [6.07, 6.45) is 1.09. The molecule has 1 aliphatic rings. The third-order valence-electron chi connectivity index (χ3n) is 4.39. The quantitative estimate of drug-likeness (QED) is 0.693. The Bertz CT molecular complexity index is 870. The highest BCUT2D eigenvalue weighted by Gasteiger charge is 2.23. The SMILES string of the molecule is CS(=O)(=O)Nc1ccc(C(=O)NCC2CNCCN2c2ccccc2)cc1. The number of piperazine rings is 1. The van der Waals surface area contributed by atoms with Crippen LogP contribution in [0.5, 0.6) is 0 Å². The number of sulfonamides is 1. The first-order chi connectivity index (χ1) is 12.9. The van der Waals surface area contributed by atoms with E-state index in [2.05, 4.69) is 32.4 Å². The van der Waals surface area contributed by atoms with E-state index in [-0.39, 0.29) is 11.9 Å². The lowest BCUT2D eigenvalue weighted by atomic mass is 10.1. The first-order valence-electron chi connectivity index (χ1n) is 8.81. The molecule has 0 aromatic heterocycles. The largest absolute Gasteiger partial charge is 0.364 e. The van der Waals surface area contributed by atoms with Gasteiger partial charge in [-0.2, -0.15) is 0 Å². The van der Waals surface area contributed by atoms with E-state index < -0.39 is 10.0 Å². The summed E-state index contributed by atoms with van der Waals surface area (Å²) in [5.74, 6) is -0.181. The molecule has 2 aromatic carbocycles. The van der Waals surface area contributed by atoms with Crippen LogP contribution in [0, 0.1) is 0 Å². The fourth-order valence-corrected chi connectivity index (χ4v) is 3.68. The summed E-state index contributed by atoms with van der Waals surface area (Å²) >= 11 is 0. The molecule has 3 N–H and O–H groups in total. The second kappa shape index (κ2) is 8.41. The molecule has 1 atom stereocenters. The number of anilines is 2. The van der Waals surface area contributed by atoms with E-state index in [0.29, 0.717) is 17.8 Å². The van der Waals surface area contributed by atoms with Crippen molar-refractivity contribution in [2.45, 2.75) is 6.04 Å². The molecule has 1 aliphatic heterocycles. The summed E-state index contributed by atoms with van der Waals surface area (Å²) in [4.78, 5) is 14.7. The van der Waals surface area contributed by atoms with Gasteiger partial charge in [0, 0.05) is 43.1 Å². The number of nitrogens with zero attached hydrogens (tertiary/aromatic N) is 1. The van der Waals surface area contributed by atoms with Crippen molar-refractivity contribution < 1.29 is 13.2 Å². The highest BCUT2D eigenvalue weighted by atomic mass is 32.2. The Balaban J connectivity index is 1.60.